The van der Waals surface area contributed by atoms with Crippen molar-refractivity contribution >= 4 is 17.1 Å². The Morgan fingerprint density at radius 3 is 3.00 bits per heavy atom. The third-order valence-electron chi connectivity index (χ3n) is 2.10. The zero-order chi connectivity index (χ0) is 7.68. The van der Waals surface area contributed by atoms with Crippen molar-refractivity contribution < 1.29 is 4.79 Å². The van der Waals surface area contributed by atoms with Crippen molar-refractivity contribution in [1.29, 1.82) is 0 Å². The maximum atomic E-state index is 11.4. The van der Waals surface area contributed by atoms with Crippen LogP contribution in [0, 0.1) is 0 Å². The van der Waals surface area contributed by atoms with Crippen LogP contribution in [-0.2, 0) is 6.42 Å². The Bertz CT molecular complexity index is 275. The highest BCUT2D eigenvalue weighted by atomic mass is 32.1. The molecule has 0 radical (unpaired) electrons. The van der Waals surface area contributed by atoms with Gasteiger partial charge in [-0.3, -0.25) is 4.79 Å². The lowest BCUT2D eigenvalue weighted by molar-refractivity contribution is 0.0986. The summed E-state index contributed by atoms with van der Waals surface area (Å²) in [7, 11) is 0. The van der Waals surface area contributed by atoms with Crippen LogP contribution < -0.4 is 0 Å². The largest absolute Gasteiger partial charge is 0.293 e. The van der Waals surface area contributed by atoms with Crippen LogP contribution in [0.25, 0.3) is 0 Å². The summed E-state index contributed by atoms with van der Waals surface area (Å²) in [6.07, 6.45) is 4.10. The van der Waals surface area contributed by atoms with E-state index in [-0.39, 0.29) is 0 Å². The quantitative estimate of drug-likeness (QED) is 0.541. The SMILES string of the molecule is O=C1CCCCc2ccsc21. The van der Waals surface area contributed by atoms with Gasteiger partial charge in [0, 0.05) is 6.42 Å². The van der Waals surface area contributed by atoms with Gasteiger partial charge in [-0.1, -0.05) is 0 Å². The van der Waals surface area contributed by atoms with Gasteiger partial charge in [0.05, 0.1) is 4.88 Å². The molecular weight excluding hydrogens is 156 g/mol. The Balaban J connectivity index is 2.41. The van der Waals surface area contributed by atoms with Crippen LogP contribution in [0.4, 0.5) is 0 Å². The summed E-state index contributed by atoms with van der Waals surface area (Å²) < 4.78 is 0. The second-order valence-corrected chi connectivity index (χ2v) is 3.82. The number of ketones is 1. The van der Waals surface area contributed by atoms with Crippen LogP contribution in [0.1, 0.15) is 34.5 Å². The summed E-state index contributed by atoms with van der Waals surface area (Å²) in [4.78, 5) is 12.4. The van der Waals surface area contributed by atoms with Gasteiger partial charge in [-0.15, -0.1) is 11.3 Å². The number of carbonyl (C=O) groups is 1. The van der Waals surface area contributed by atoms with Gasteiger partial charge in [-0.25, -0.2) is 0 Å². The van der Waals surface area contributed by atoms with Crippen molar-refractivity contribution in [2.45, 2.75) is 25.7 Å². The highest BCUT2D eigenvalue weighted by Crippen LogP contribution is 2.24. The van der Waals surface area contributed by atoms with Gasteiger partial charge in [0.25, 0.3) is 0 Å². The summed E-state index contributed by atoms with van der Waals surface area (Å²) in [6.45, 7) is 0. The normalized spacial score (nSPS) is 17.6. The second kappa shape index (κ2) is 2.78. The Morgan fingerprint density at radius 1 is 1.27 bits per heavy atom. The highest BCUT2D eigenvalue weighted by molar-refractivity contribution is 7.12. The minimum Gasteiger partial charge on any atom is -0.293 e. The number of hydrogen-bond donors (Lipinski definition) is 0. The van der Waals surface area contributed by atoms with Gasteiger partial charge in [-0.2, -0.15) is 0 Å². The topological polar surface area (TPSA) is 17.1 Å². The van der Waals surface area contributed by atoms with Crippen LogP contribution >= 0.6 is 11.3 Å². The van der Waals surface area contributed by atoms with Crippen molar-refractivity contribution in [3.63, 3.8) is 0 Å². The Morgan fingerprint density at radius 2 is 2.09 bits per heavy atom. The predicted octanol–water partition coefficient (Wildman–Crippen LogP) is 2.66. The molecule has 0 unspecified atom stereocenters. The molecule has 0 fully saturated rings. The first-order chi connectivity index (χ1) is 5.38. The molecule has 2 rings (SSSR count). The molecule has 0 N–H and O–H groups in total. The summed E-state index contributed by atoms with van der Waals surface area (Å²) in [6, 6.07) is 2.09. The molecule has 1 aromatic heterocycles. The summed E-state index contributed by atoms with van der Waals surface area (Å²) in [5.74, 6) is 0.354. The zero-order valence-corrected chi connectivity index (χ0v) is 7.12. The molecule has 0 bridgehead atoms. The van der Waals surface area contributed by atoms with E-state index in [9.17, 15) is 4.79 Å². The van der Waals surface area contributed by atoms with E-state index in [0.717, 1.165) is 24.1 Å². The lowest BCUT2D eigenvalue weighted by atomic mass is 10.1. The smallest absolute Gasteiger partial charge is 0.173 e. The zero-order valence-electron chi connectivity index (χ0n) is 6.30. The third-order valence-corrected chi connectivity index (χ3v) is 3.10. The molecule has 1 aliphatic carbocycles. The molecule has 2 heteroatoms. The average Bonchev–Trinajstić information content (AvgIpc) is 2.40. The van der Waals surface area contributed by atoms with Crippen molar-refractivity contribution in [3.05, 3.63) is 21.9 Å². The summed E-state index contributed by atoms with van der Waals surface area (Å²) in [5, 5.41) is 2.02. The van der Waals surface area contributed by atoms with E-state index in [1.165, 1.54) is 12.0 Å². The number of carbonyl (C=O) groups excluding carboxylic acids is 1. The molecule has 1 aromatic rings. The molecule has 11 heavy (non-hydrogen) atoms. The van der Waals surface area contributed by atoms with E-state index in [2.05, 4.69) is 6.07 Å². The maximum Gasteiger partial charge on any atom is 0.173 e. The van der Waals surface area contributed by atoms with Gasteiger partial charge in [0.15, 0.2) is 5.78 Å². The van der Waals surface area contributed by atoms with Crippen molar-refractivity contribution in [2.24, 2.45) is 0 Å². The molecule has 1 nitrogen and oxygen atoms in total. The molecule has 0 spiro atoms. The molecule has 1 aliphatic rings. The molecule has 0 saturated carbocycles. The van der Waals surface area contributed by atoms with E-state index >= 15 is 0 Å². The summed E-state index contributed by atoms with van der Waals surface area (Å²) >= 11 is 1.60. The second-order valence-electron chi connectivity index (χ2n) is 2.91. The van der Waals surface area contributed by atoms with E-state index in [1.54, 1.807) is 11.3 Å². The summed E-state index contributed by atoms with van der Waals surface area (Å²) in [5.41, 5.74) is 1.28. The minimum absolute atomic E-state index is 0.354. The number of rotatable bonds is 0. The van der Waals surface area contributed by atoms with Crippen molar-refractivity contribution in [1.82, 2.24) is 0 Å². The molecule has 0 atom stereocenters. The first kappa shape index (κ1) is 7.04. The van der Waals surface area contributed by atoms with Gasteiger partial charge in [-0.05, 0) is 36.3 Å². The fraction of sp³-hybridized carbons (Fsp3) is 0.444. The van der Waals surface area contributed by atoms with Crippen LogP contribution in [0.15, 0.2) is 11.4 Å². The van der Waals surface area contributed by atoms with Gasteiger partial charge < -0.3 is 0 Å². The van der Waals surface area contributed by atoms with Crippen LogP contribution in [-0.4, -0.2) is 5.78 Å². The lowest BCUT2D eigenvalue weighted by Crippen LogP contribution is -1.94. The van der Waals surface area contributed by atoms with Gasteiger partial charge in [0.2, 0.25) is 0 Å². The van der Waals surface area contributed by atoms with Gasteiger partial charge in [0.1, 0.15) is 0 Å². The van der Waals surface area contributed by atoms with E-state index in [1.807, 2.05) is 5.38 Å². The average molecular weight is 166 g/mol. The molecular formula is C9H10OS. The number of thiophene rings is 1. The van der Waals surface area contributed by atoms with Crippen molar-refractivity contribution in [2.75, 3.05) is 0 Å². The van der Waals surface area contributed by atoms with E-state index in [4.69, 9.17) is 0 Å². The standard InChI is InChI=1S/C9H10OS/c10-8-4-2-1-3-7-5-6-11-9(7)8/h5-6H,1-4H2. The number of Topliss-reactive ketones (excluding diaryl/α,β-unsaturated/α-hetero) is 1. The van der Waals surface area contributed by atoms with E-state index < -0.39 is 0 Å². The minimum atomic E-state index is 0.354. The Labute approximate surface area is 70.1 Å². The van der Waals surface area contributed by atoms with Crippen LogP contribution in [0.5, 0.6) is 0 Å². The molecule has 0 aromatic carbocycles. The molecule has 0 amide bonds. The van der Waals surface area contributed by atoms with E-state index in [0.29, 0.717) is 5.78 Å². The molecule has 0 aliphatic heterocycles. The highest BCUT2D eigenvalue weighted by Gasteiger charge is 2.15. The maximum absolute atomic E-state index is 11.4. The number of hydrogen-bond acceptors (Lipinski definition) is 2. The number of aryl methyl sites for hydroxylation is 1. The Hall–Kier alpha value is -0.630. The number of fused-ring (bicyclic) bond motifs is 1. The Kier molecular flexibility index (Phi) is 1.78. The monoisotopic (exact) mass is 166 g/mol. The fourth-order valence-electron chi connectivity index (χ4n) is 1.49. The lowest BCUT2D eigenvalue weighted by Gasteiger charge is -1.92. The molecule has 1 heterocycles. The predicted molar refractivity (Wildman–Crippen MR) is 46.2 cm³/mol. The van der Waals surface area contributed by atoms with Crippen LogP contribution in [0.3, 0.4) is 0 Å². The fourth-order valence-corrected chi connectivity index (χ4v) is 2.42. The first-order valence-corrected chi connectivity index (χ1v) is 4.85. The van der Waals surface area contributed by atoms with Crippen LogP contribution in [0.2, 0.25) is 0 Å². The molecule has 58 valence electrons. The van der Waals surface area contributed by atoms with Gasteiger partial charge >= 0.3 is 0 Å². The molecule has 0 saturated heterocycles. The van der Waals surface area contributed by atoms with Crippen molar-refractivity contribution in [3.8, 4) is 0 Å². The first-order valence-electron chi connectivity index (χ1n) is 3.97. The third kappa shape index (κ3) is 1.23.